The van der Waals surface area contributed by atoms with Gasteiger partial charge in [-0.15, -0.1) is 0 Å². The molecule has 0 spiro atoms. The van der Waals surface area contributed by atoms with Gasteiger partial charge in [-0.1, -0.05) is 26.0 Å². The lowest BCUT2D eigenvalue weighted by atomic mass is 10.1. The van der Waals surface area contributed by atoms with Crippen LogP contribution < -0.4 is 0 Å². The van der Waals surface area contributed by atoms with E-state index in [9.17, 15) is 9.59 Å². The summed E-state index contributed by atoms with van der Waals surface area (Å²) in [6, 6.07) is 0. The standard InChI is InChI=1S/C18H34N2O4/c1-4-11-20(15-18(23)24)14-13-19(5-2)12-10-16(3)8-6-7-9-17(21)22/h3-15H2,1-2H3,(H,21,22)(H,23,24). The van der Waals surface area contributed by atoms with Crippen LogP contribution in [0.4, 0.5) is 0 Å². The third-order valence-electron chi connectivity index (χ3n) is 4.03. The second kappa shape index (κ2) is 14.0. The van der Waals surface area contributed by atoms with Gasteiger partial charge in [-0.05, 0) is 45.2 Å². The predicted molar refractivity (Wildman–Crippen MR) is 96.3 cm³/mol. The first-order valence-corrected chi connectivity index (χ1v) is 8.93. The molecule has 0 amide bonds. The second-order valence-electron chi connectivity index (χ2n) is 6.20. The highest BCUT2D eigenvalue weighted by atomic mass is 16.4. The molecule has 6 heteroatoms. The van der Waals surface area contributed by atoms with E-state index < -0.39 is 11.9 Å². The lowest BCUT2D eigenvalue weighted by Crippen LogP contribution is -2.38. The molecular formula is C18H34N2O4. The van der Waals surface area contributed by atoms with E-state index >= 15 is 0 Å². The molecule has 0 bridgehead atoms. The maximum atomic E-state index is 10.9. The van der Waals surface area contributed by atoms with Crippen LogP contribution in [0.25, 0.3) is 0 Å². The summed E-state index contributed by atoms with van der Waals surface area (Å²) in [6.07, 6.45) is 4.55. The highest BCUT2D eigenvalue weighted by Gasteiger charge is 2.11. The normalized spacial score (nSPS) is 11.2. The predicted octanol–water partition coefficient (Wildman–Crippen LogP) is 2.70. The van der Waals surface area contributed by atoms with E-state index in [4.69, 9.17) is 10.2 Å². The summed E-state index contributed by atoms with van der Waals surface area (Å²) in [5.41, 5.74) is 1.16. The molecule has 0 aromatic carbocycles. The lowest BCUT2D eigenvalue weighted by molar-refractivity contribution is -0.138. The summed E-state index contributed by atoms with van der Waals surface area (Å²) in [4.78, 5) is 25.6. The maximum Gasteiger partial charge on any atom is 0.317 e. The lowest BCUT2D eigenvalue weighted by Gasteiger charge is -2.26. The van der Waals surface area contributed by atoms with Crippen molar-refractivity contribution in [1.82, 2.24) is 9.80 Å². The Balaban J connectivity index is 4.01. The van der Waals surface area contributed by atoms with Crippen molar-refractivity contribution < 1.29 is 19.8 Å². The summed E-state index contributed by atoms with van der Waals surface area (Å²) in [7, 11) is 0. The molecule has 6 nitrogen and oxygen atoms in total. The summed E-state index contributed by atoms with van der Waals surface area (Å²) in [6.45, 7) is 12.6. The number of carbonyl (C=O) groups is 2. The van der Waals surface area contributed by atoms with E-state index in [0.29, 0.717) is 6.42 Å². The fourth-order valence-corrected chi connectivity index (χ4v) is 2.58. The number of hydrogen-bond donors (Lipinski definition) is 2. The van der Waals surface area contributed by atoms with Crippen LogP contribution in [0.15, 0.2) is 12.2 Å². The fourth-order valence-electron chi connectivity index (χ4n) is 2.58. The molecule has 140 valence electrons. The Morgan fingerprint density at radius 2 is 1.46 bits per heavy atom. The molecule has 0 aromatic heterocycles. The Morgan fingerprint density at radius 3 is 2.00 bits per heavy atom. The van der Waals surface area contributed by atoms with Crippen LogP contribution in [0.5, 0.6) is 0 Å². The highest BCUT2D eigenvalue weighted by Crippen LogP contribution is 2.11. The second-order valence-corrected chi connectivity index (χ2v) is 6.20. The molecular weight excluding hydrogens is 308 g/mol. The molecule has 0 aliphatic carbocycles. The first-order valence-electron chi connectivity index (χ1n) is 8.93. The van der Waals surface area contributed by atoms with Crippen molar-refractivity contribution in [1.29, 1.82) is 0 Å². The minimum absolute atomic E-state index is 0.0989. The van der Waals surface area contributed by atoms with Gasteiger partial charge in [-0.2, -0.15) is 0 Å². The quantitative estimate of drug-likeness (QED) is 0.331. The Kier molecular flexibility index (Phi) is 13.2. The zero-order valence-corrected chi connectivity index (χ0v) is 15.3. The number of carboxylic acids is 2. The van der Waals surface area contributed by atoms with Crippen LogP contribution in [0.2, 0.25) is 0 Å². The Morgan fingerprint density at radius 1 is 0.833 bits per heavy atom. The molecule has 24 heavy (non-hydrogen) atoms. The van der Waals surface area contributed by atoms with E-state index in [2.05, 4.69) is 25.3 Å². The number of likely N-dealkylation sites (N-methyl/N-ethyl adjacent to an activating group) is 1. The topological polar surface area (TPSA) is 81.1 Å². The van der Waals surface area contributed by atoms with Gasteiger partial charge in [0.15, 0.2) is 0 Å². The molecule has 0 aromatic rings. The molecule has 0 aliphatic rings. The van der Waals surface area contributed by atoms with Crippen LogP contribution in [0, 0.1) is 0 Å². The van der Waals surface area contributed by atoms with Crippen molar-refractivity contribution >= 4 is 11.9 Å². The summed E-state index contributed by atoms with van der Waals surface area (Å²) in [5.74, 6) is -1.52. The third kappa shape index (κ3) is 13.1. The molecule has 0 unspecified atom stereocenters. The Hall–Kier alpha value is -1.40. The summed E-state index contributed by atoms with van der Waals surface area (Å²) in [5, 5.41) is 17.6. The van der Waals surface area contributed by atoms with Gasteiger partial charge in [0.2, 0.25) is 0 Å². The molecule has 2 N–H and O–H groups in total. The van der Waals surface area contributed by atoms with Crippen molar-refractivity contribution in [2.24, 2.45) is 0 Å². The molecule has 0 saturated heterocycles. The average Bonchev–Trinajstić information content (AvgIpc) is 2.51. The van der Waals surface area contributed by atoms with Crippen LogP contribution in [0.1, 0.15) is 52.4 Å². The van der Waals surface area contributed by atoms with E-state index in [0.717, 1.165) is 64.0 Å². The Labute approximate surface area is 146 Å². The van der Waals surface area contributed by atoms with E-state index in [-0.39, 0.29) is 13.0 Å². The van der Waals surface area contributed by atoms with Crippen molar-refractivity contribution in [2.75, 3.05) is 39.3 Å². The number of carboxylic acid groups (broad SMARTS) is 2. The molecule has 0 fully saturated rings. The van der Waals surface area contributed by atoms with Crippen molar-refractivity contribution in [3.63, 3.8) is 0 Å². The van der Waals surface area contributed by atoms with Gasteiger partial charge >= 0.3 is 11.9 Å². The molecule has 0 heterocycles. The molecule has 0 saturated carbocycles. The van der Waals surface area contributed by atoms with Gasteiger partial charge in [0.05, 0.1) is 6.54 Å². The number of aliphatic carboxylic acids is 2. The first kappa shape index (κ1) is 22.6. The van der Waals surface area contributed by atoms with Crippen LogP contribution >= 0.6 is 0 Å². The van der Waals surface area contributed by atoms with Gasteiger partial charge in [0.25, 0.3) is 0 Å². The van der Waals surface area contributed by atoms with Gasteiger partial charge in [-0.25, -0.2) is 0 Å². The minimum Gasteiger partial charge on any atom is -0.481 e. The number of nitrogens with zero attached hydrogens (tertiary/aromatic N) is 2. The van der Waals surface area contributed by atoms with Crippen molar-refractivity contribution in [3.05, 3.63) is 12.2 Å². The maximum absolute atomic E-state index is 10.9. The highest BCUT2D eigenvalue weighted by molar-refractivity contribution is 5.69. The number of rotatable bonds is 16. The summed E-state index contributed by atoms with van der Waals surface area (Å²) < 4.78 is 0. The smallest absolute Gasteiger partial charge is 0.317 e. The Bertz CT molecular complexity index is 385. The zero-order valence-electron chi connectivity index (χ0n) is 15.3. The van der Waals surface area contributed by atoms with Gasteiger partial charge in [0.1, 0.15) is 0 Å². The van der Waals surface area contributed by atoms with Gasteiger partial charge in [-0.3, -0.25) is 14.5 Å². The molecule has 0 rings (SSSR count). The van der Waals surface area contributed by atoms with Gasteiger partial charge in [0, 0.05) is 26.1 Å². The van der Waals surface area contributed by atoms with Crippen molar-refractivity contribution in [3.8, 4) is 0 Å². The van der Waals surface area contributed by atoms with Crippen LogP contribution in [0.3, 0.4) is 0 Å². The fraction of sp³-hybridized carbons (Fsp3) is 0.778. The summed E-state index contributed by atoms with van der Waals surface area (Å²) >= 11 is 0. The van der Waals surface area contributed by atoms with Crippen LogP contribution in [-0.4, -0.2) is 71.2 Å². The zero-order chi connectivity index (χ0) is 18.4. The first-order chi connectivity index (χ1) is 11.4. The SMILES string of the molecule is C=C(CCCCC(=O)O)CCN(CC)CCN(CCC)CC(=O)O. The average molecular weight is 342 g/mol. The minimum atomic E-state index is -0.777. The third-order valence-corrected chi connectivity index (χ3v) is 4.03. The molecule has 0 radical (unpaired) electrons. The number of unbranched alkanes of at least 4 members (excludes halogenated alkanes) is 1. The van der Waals surface area contributed by atoms with Crippen molar-refractivity contribution in [2.45, 2.75) is 52.4 Å². The monoisotopic (exact) mass is 342 g/mol. The largest absolute Gasteiger partial charge is 0.481 e. The van der Waals surface area contributed by atoms with Gasteiger partial charge < -0.3 is 15.1 Å². The van der Waals surface area contributed by atoms with Crippen LogP contribution in [-0.2, 0) is 9.59 Å². The molecule has 0 aliphatic heterocycles. The van der Waals surface area contributed by atoms with E-state index in [1.54, 1.807) is 0 Å². The van der Waals surface area contributed by atoms with E-state index in [1.807, 2.05) is 4.90 Å². The number of hydrogen-bond acceptors (Lipinski definition) is 4. The molecule has 0 atom stereocenters. The van der Waals surface area contributed by atoms with E-state index in [1.165, 1.54) is 0 Å².